The lowest BCUT2D eigenvalue weighted by Gasteiger charge is -2.14. The SMILES string of the molecule is C=CCOc1ccc(Cl)cc1C=C1C(=O)NN(c2ccc(F)cc2)C1=O. The van der Waals surface area contributed by atoms with Crippen molar-refractivity contribution in [1.29, 1.82) is 0 Å². The van der Waals surface area contributed by atoms with Crippen LogP contribution in [0.3, 0.4) is 0 Å². The van der Waals surface area contributed by atoms with Gasteiger partial charge in [0, 0.05) is 10.6 Å². The molecule has 0 atom stereocenters. The van der Waals surface area contributed by atoms with Crippen LogP contribution >= 0.6 is 11.6 Å². The Morgan fingerprint density at radius 3 is 2.62 bits per heavy atom. The third kappa shape index (κ3) is 3.60. The Labute approximate surface area is 154 Å². The summed E-state index contributed by atoms with van der Waals surface area (Å²) in [5.74, 6) is -1.11. The van der Waals surface area contributed by atoms with E-state index >= 15 is 0 Å². The Bertz CT molecular complexity index is 910. The van der Waals surface area contributed by atoms with Gasteiger partial charge >= 0.3 is 0 Å². The van der Waals surface area contributed by atoms with Gasteiger partial charge in [-0.1, -0.05) is 24.3 Å². The molecule has 1 heterocycles. The molecule has 5 nitrogen and oxygen atoms in total. The van der Waals surface area contributed by atoms with E-state index in [4.69, 9.17) is 16.3 Å². The Hall–Kier alpha value is -3.12. The van der Waals surface area contributed by atoms with E-state index in [-0.39, 0.29) is 12.2 Å². The third-order valence-corrected chi connectivity index (χ3v) is 3.84. The lowest BCUT2D eigenvalue weighted by atomic mass is 10.1. The molecule has 0 radical (unpaired) electrons. The van der Waals surface area contributed by atoms with E-state index in [1.807, 2.05) is 0 Å². The van der Waals surface area contributed by atoms with Crippen LogP contribution in [-0.4, -0.2) is 18.4 Å². The highest BCUT2D eigenvalue weighted by molar-refractivity contribution is 6.32. The van der Waals surface area contributed by atoms with Crippen LogP contribution in [0.1, 0.15) is 5.56 Å². The molecule has 0 saturated carbocycles. The summed E-state index contributed by atoms with van der Waals surface area (Å²) in [6, 6.07) is 10.1. The maximum atomic E-state index is 13.1. The molecule has 132 valence electrons. The van der Waals surface area contributed by atoms with E-state index in [1.54, 1.807) is 24.3 Å². The number of hydrazine groups is 1. The first-order valence-electron chi connectivity index (χ1n) is 7.65. The van der Waals surface area contributed by atoms with Crippen molar-refractivity contribution in [2.24, 2.45) is 0 Å². The highest BCUT2D eigenvalue weighted by Gasteiger charge is 2.34. The summed E-state index contributed by atoms with van der Waals surface area (Å²) in [5.41, 5.74) is 3.20. The fraction of sp³-hybridized carbons (Fsp3) is 0.0526. The largest absolute Gasteiger partial charge is 0.489 e. The molecule has 26 heavy (non-hydrogen) atoms. The fourth-order valence-electron chi connectivity index (χ4n) is 2.40. The molecular weight excluding hydrogens is 359 g/mol. The Balaban J connectivity index is 1.95. The molecule has 2 aromatic rings. The van der Waals surface area contributed by atoms with Gasteiger partial charge < -0.3 is 4.74 Å². The van der Waals surface area contributed by atoms with E-state index in [1.165, 1.54) is 30.3 Å². The number of carbonyl (C=O) groups excluding carboxylic acids is 2. The molecule has 1 aliphatic heterocycles. The van der Waals surface area contributed by atoms with Crippen molar-refractivity contribution in [1.82, 2.24) is 5.43 Å². The minimum Gasteiger partial charge on any atom is -0.489 e. The zero-order valence-electron chi connectivity index (χ0n) is 13.5. The molecule has 0 aliphatic carbocycles. The van der Waals surface area contributed by atoms with Crippen molar-refractivity contribution in [2.75, 3.05) is 11.6 Å². The van der Waals surface area contributed by atoms with Gasteiger partial charge in [-0.2, -0.15) is 0 Å². The molecule has 2 amide bonds. The van der Waals surface area contributed by atoms with E-state index in [0.29, 0.717) is 22.0 Å². The summed E-state index contributed by atoms with van der Waals surface area (Å²) in [5, 5.41) is 1.49. The Morgan fingerprint density at radius 2 is 1.92 bits per heavy atom. The lowest BCUT2D eigenvalue weighted by Crippen LogP contribution is -2.35. The number of carbonyl (C=O) groups is 2. The number of rotatable bonds is 5. The number of anilines is 1. The first-order valence-corrected chi connectivity index (χ1v) is 8.03. The van der Waals surface area contributed by atoms with Gasteiger partial charge in [0.05, 0.1) is 5.69 Å². The normalized spacial score (nSPS) is 15.3. The highest BCUT2D eigenvalue weighted by Crippen LogP contribution is 2.28. The number of hydrogen-bond acceptors (Lipinski definition) is 3. The molecule has 0 unspecified atom stereocenters. The molecule has 0 bridgehead atoms. The number of nitrogens with zero attached hydrogens (tertiary/aromatic N) is 1. The van der Waals surface area contributed by atoms with Crippen LogP contribution in [0.4, 0.5) is 10.1 Å². The first-order chi connectivity index (χ1) is 12.5. The molecule has 1 N–H and O–H groups in total. The predicted molar refractivity (Wildman–Crippen MR) is 97.1 cm³/mol. The highest BCUT2D eigenvalue weighted by atomic mass is 35.5. The number of ether oxygens (including phenoxy) is 1. The zero-order chi connectivity index (χ0) is 18.7. The maximum Gasteiger partial charge on any atom is 0.282 e. The van der Waals surface area contributed by atoms with Crippen molar-refractivity contribution in [2.45, 2.75) is 0 Å². The molecule has 3 rings (SSSR count). The van der Waals surface area contributed by atoms with Crippen LogP contribution in [0.25, 0.3) is 6.08 Å². The summed E-state index contributed by atoms with van der Waals surface area (Å²) in [7, 11) is 0. The Kier molecular flexibility index (Phi) is 5.04. The predicted octanol–water partition coefficient (Wildman–Crippen LogP) is 3.51. The maximum absolute atomic E-state index is 13.1. The number of halogens is 2. The van der Waals surface area contributed by atoms with Crippen LogP contribution in [0.15, 0.2) is 60.7 Å². The molecule has 0 spiro atoms. The summed E-state index contributed by atoms with van der Waals surface area (Å²) in [6.45, 7) is 3.85. The number of benzene rings is 2. The molecule has 2 aromatic carbocycles. The second kappa shape index (κ2) is 7.41. The first kappa shape index (κ1) is 17.7. The fourth-order valence-corrected chi connectivity index (χ4v) is 2.58. The van der Waals surface area contributed by atoms with Gasteiger partial charge in [0.1, 0.15) is 23.7 Å². The summed E-state index contributed by atoms with van der Waals surface area (Å²) in [4.78, 5) is 24.9. The molecule has 1 saturated heterocycles. The van der Waals surface area contributed by atoms with E-state index in [2.05, 4.69) is 12.0 Å². The lowest BCUT2D eigenvalue weighted by molar-refractivity contribution is -0.117. The standard InChI is InChI=1S/C19H14ClFN2O3/c1-2-9-26-17-8-3-13(20)10-12(17)11-16-18(24)22-23(19(16)25)15-6-4-14(21)5-7-15/h2-8,10-11H,1,9H2,(H,22,24). The van der Waals surface area contributed by atoms with Crippen LogP contribution in [0, 0.1) is 5.82 Å². The van der Waals surface area contributed by atoms with Crippen molar-refractivity contribution in [3.63, 3.8) is 0 Å². The smallest absolute Gasteiger partial charge is 0.282 e. The van der Waals surface area contributed by atoms with Gasteiger partial charge in [0.2, 0.25) is 0 Å². The van der Waals surface area contributed by atoms with Gasteiger partial charge in [0.15, 0.2) is 0 Å². The third-order valence-electron chi connectivity index (χ3n) is 3.60. The quantitative estimate of drug-likeness (QED) is 0.496. The van der Waals surface area contributed by atoms with Crippen molar-refractivity contribution in [3.8, 4) is 5.75 Å². The minimum absolute atomic E-state index is 0.0833. The van der Waals surface area contributed by atoms with Gasteiger partial charge in [-0.15, -0.1) is 0 Å². The van der Waals surface area contributed by atoms with Crippen LogP contribution in [0.2, 0.25) is 5.02 Å². The van der Waals surface area contributed by atoms with E-state index in [9.17, 15) is 14.0 Å². The average molecular weight is 373 g/mol. The van der Waals surface area contributed by atoms with Crippen LogP contribution in [0.5, 0.6) is 5.75 Å². The summed E-state index contributed by atoms with van der Waals surface area (Å²) in [6.07, 6.45) is 2.99. The van der Waals surface area contributed by atoms with Crippen LogP contribution in [-0.2, 0) is 9.59 Å². The number of amides is 2. The topological polar surface area (TPSA) is 58.6 Å². The molecule has 0 aromatic heterocycles. The zero-order valence-corrected chi connectivity index (χ0v) is 14.3. The van der Waals surface area contributed by atoms with Gasteiger partial charge in [-0.05, 0) is 48.5 Å². The van der Waals surface area contributed by atoms with Crippen LogP contribution < -0.4 is 15.2 Å². The monoisotopic (exact) mass is 372 g/mol. The molecule has 1 fully saturated rings. The second-order valence-corrected chi connectivity index (χ2v) is 5.83. The molecular formula is C19H14ClFN2O3. The van der Waals surface area contributed by atoms with E-state index < -0.39 is 17.6 Å². The average Bonchev–Trinajstić information content (AvgIpc) is 2.90. The number of hydrogen-bond donors (Lipinski definition) is 1. The summed E-state index contributed by atoms with van der Waals surface area (Å²) < 4.78 is 18.6. The second-order valence-electron chi connectivity index (χ2n) is 5.40. The summed E-state index contributed by atoms with van der Waals surface area (Å²) >= 11 is 6.01. The number of nitrogens with one attached hydrogen (secondary N) is 1. The minimum atomic E-state index is -0.575. The van der Waals surface area contributed by atoms with Crippen molar-refractivity contribution in [3.05, 3.63) is 77.1 Å². The van der Waals surface area contributed by atoms with E-state index in [0.717, 1.165) is 5.01 Å². The molecule has 7 heteroatoms. The van der Waals surface area contributed by atoms with Gasteiger partial charge in [-0.3, -0.25) is 15.0 Å². The van der Waals surface area contributed by atoms with Crippen molar-refractivity contribution >= 4 is 35.2 Å². The molecule has 1 aliphatic rings. The van der Waals surface area contributed by atoms with Crippen molar-refractivity contribution < 1.29 is 18.7 Å². The van der Waals surface area contributed by atoms with Gasteiger partial charge in [0.25, 0.3) is 11.8 Å². The Morgan fingerprint density at radius 1 is 1.19 bits per heavy atom. The van der Waals surface area contributed by atoms with Gasteiger partial charge in [-0.25, -0.2) is 9.40 Å².